The van der Waals surface area contributed by atoms with Gasteiger partial charge in [0.2, 0.25) is 0 Å². The summed E-state index contributed by atoms with van der Waals surface area (Å²) in [5, 5.41) is 9.97. The van der Waals surface area contributed by atoms with Gasteiger partial charge in [-0.25, -0.2) is 5.11 Å². The number of rotatable bonds is 3. The molecule has 0 aliphatic heterocycles. The van der Waals surface area contributed by atoms with Crippen LogP contribution in [0.2, 0.25) is 0 Å². The smallest absolute Gasteiger partial charge is 0.0850 e. The van der Waals surface area contributed by atoms with E-state index in [2.05, 4.69) is 6.58 Å². The Labute approximate surface area is 44.7 Å². The summed E-state index contributed by atoms with van der Waals surface area (Å²) in [4.78, 5) is 0. The SMILES string of the molecule is C=CCC(C)C[O]. The highest BCUT2D eigenvalue weighted by Gasteiger charge is 1.93. The molecule has 0 heterocycles. The molecule has 0 spiro atoms. The second-order valence-corrected chi connectivity index (χ2v) is 1.80. The second kappa shape index (κ2) is 3.88. The Hall–Kier alpha value is -0.300. The van der Waals surface area contributed by atoms with Crippen molar-refractivity contribution in [2.24, 2.45) is 5.92 Å². The maximum atomic E-state index is 9.97. The molecular formula is C6H11O. The van der Waals surface area contributed by atoms with Gasteiger partial charge < -0.3 is 0 Å². The highest BCUT2D eigenvalue weighted by Crippen LogP contribution is 1.98. The highest BCUT2D eigenvalue weighted by atomic mass is 16.3. The Morgan fingerprint density at radius 1 is 1.86 bits per heavy atom. The topological polar surface area (TPSA) is 19.9 Å². The van der Waals surface area contributed by atoms with Gasteiger partial charge in [0, 0.05) is 0 Å². The van der Waals surface area contributed by atoms with Gasteiger partial charge in [0.1, 0.15) is 0 Å². The van der Waals surface area contributed by atoms with Crippen LogP contribution in [0.3, 0.4) is 0 Å². The van der Waals surface area contributed by atoms with Crippen molar-refractivity contribution >= 4 is 0 Å². The van der Waals surface area contributed by atoms with Crippen molar-refractivity contribution in [3.63, 3.8) is 0 Å². The minimum Gasteiger partial charge on any atom is -0.236 e. The summed E-state index contributed by atoms with van der Waals surface area (Å²) in [6.07, 6.45) is 2.63. The van der Waals surface area contributed by atoms with Crippen LogP contribution in [0, 0.1) is 5.92 Å². The Morgan fingerprint density at radius 3 is 2.57 bits per heavy atom. The lowest BCUT2D eigenvalue weighted by Gasteiger charge is -1.97. The van der Waals surface area contributed by atoms with Crippen LogP contribution in [0.4, 0.5) is 0 Å². The molecular weight excluding hydrogens is 88.1 g/mol. The van der Waals surface area contributed by atoms with Crippen molar-refractivity contribution in [1.29, 1.82) is 0 Å². The third-order valence-corrected chi connectivity index (χ3v) is 0.854. The highest BCUT2D eigenvalue weighted by molar-refractivity contribution is 4.69. The van der Waals surface area contributed by atoms with Crippen molar-refractivity contribution in [1.82, 2.24) is 0 Å². The molecule has 7 heavy (non-hydrogen) atoms. The van der Waals surface area contributed by atoms with E-state index in [1.807, 2.05) is 6.92 Å². The summed E-state index contributed by atoms with van der Waals surface area (Å²) in [7, 11) is 0. The summed E-state index contributed by atoms with van der Waals surface area (Å²) < 4.78 is 0. The molecule has 0 N–H and O–H groups in total. The van der Waals surface area contributed by atoms with Crippen LogP contribution in [0.5, 0.6) is 0 Å². The molecule has 0 bridgehead atoms. The zero-order valence-corrected chi connectivity index (χ0v) is 4.68. The summed E-state index contributed by atoms with van der Waals surface area (Å²) in [6.45, 7) is 5.45. The lowest BCUT2D eigenvalue weighted by Crippen LogP contribution is -1.95. The molecule has 0 aromatic heterocycles. The summed E-state index contributed by atoms with van der Waals surface area (Å²) in [6, 6.07) is 0. The first kappa shape index (κ1) is 6.70. The molecule has 0 aliphatic rings. The molecule has 0 saturated carbocycles. The van der Waals surface area contributed by atoms with Crippen LogP contribution in [-0.4, -0.2) is 6.61 Å². The predicted octanol–water partition coefficient (Wildman–Crippen LogP) is 1.63. The average molecular weight is 99.2 g/mol. The number of allylic oxidation sites excluding steroid dienone is 1. The average Bonchev–Trinajstić information content (AvgIpc) is 1.68. The maximum absolute atomic E-state index is 9.97. The molecule has 0 saturated heterocycles. The number of hydrogen-bond acceptors (Lipinski definition) is 0. The molecule has 1 atom stereocenters. The van der Waals surface area contributed by atoms with E-state index in [0.29, 0.717) is 0 Å². The van der Waals surface area contributed by atoms with Gasteiger partial charge in [-0.05, 0) is 12.3 Å². The van der Waals surface area contributed by atoms with Crippen LogP contribution in [0.15, 0.2) is 12.7 Å². The van der Waals surface area contributed by atoms with Gasteiger partial charge >= 0.3 is 0 Å². The van der Waals surface area contributed by atoms with E-state index in [1.165, 1.54) is 0 Å². The molecule has 1 heteroatoms. The lowest BCUT2D eigenvalue weighted by molar-refractivity contribution is 0.152. The van der Waals surface area contributed by atoms with Gasteiger partial charge in [-0.2, -0.15) is 0 Å². The molecule has 1 unspecified atom stereocenters. The minimum absolute atomic E-state index is 0.0199. The monoisotopic (exact) mass is 99.1 g/mol. The predicted molar refractivity (Wildman–Crippen MR) is 29.5 cm³/mol. The summed E-state index contributed by atoms with van der Waals surface area (Å²) >= 11 is 0. The molecule has 0 aromatic carbocycles. The van der Waals surface area contributed by atoms with Crippen LogP contribution in [-0.2, 0) is 5.11 Å². The van der Waals surface area contributed by atoms with Crippen molar-refractivity contribution in [2.75, 3.05) is 6.61 Å². The summed E-state index contributed by atoms with van der Waals surface area (Å²) in [5.74, 6) is 0.275. The van der Waals surface area contributed by atoms with Crippen molar-refractivity contribution in [3.8, 4) is 0 Å². The van der Waals surface area contributed by atoms with E-state index in [1.54, 1.807) is 6.08 Å². The minimum atomic E-state index is 0.0199. The van der Waals surface area contributed by atoms with Crippen LogP contribution < -0.4 is 0 Å². The molecule has 41 valence electrons. The fraction of sp³-hybridized carbons (Fsp3) is 0.667. The molecule has 0 rings (SSSR count). The van der Waals surface area contributed by atoms with E-state index in [4.69, 9.17) is 0 Å². The zero-order chi connectivity index (χ0) is 5.70. The third kappa shape index (κ3) is 3.53. The van der Waals surface area contributed by atoms with E-state index < -0.39 is 0 Å². The normalized spacial score (nSPS) is 13.4. The Morgan fingerprint density at radius 2 is 2.43 bits per heavy atom. The van der Waals surface area contributed by atoms with E-state index in [-0.39, 0.29) is 12.5 Å². The van der Waals surface area contributed by atoms with Crippen molar-refractivity contribution < 1.29 is 5.11 Å². The second-order valence-electron chi connectivity index (χ2n) is 1.80. The van der Waals surface area contributed by atoms with E-state index >= 15 is 0 Å². The first-order chi connectivity index (χ1) is 3.31. The first-order valence-corrected chi connectivity index (χ1v) is 2.50. The lowest BCUT2D eigenvalue weighted by atomic mass is 10.1. The van der Waals surface area contributed by atoms with Crippen LogP contribution in [0.1, 0.15) is 13.3 Å². The molecule has 1 radical (unpaired) electrons. The molecule has 0 aromatic rings. The standard InChI is InChI=1S/C6H11O/c1-3-4-6(2)5-7/h3,6H,1,4-5H2,2H3. The van der Waals surface area contributed by atoms with Gasteiger partial charge in [0.05, 0.1) is 6.61 Å². The van der Waals surface area contributed by atoms with Crippen molar-refractivity contribution in [3.05, 3.63) is 12.7 Å². The third-order valence-electron chi connectivity index (χ3n) is 0.854. The van der Waals surface area contributed by atoms with E-state index in [0.717, 1.165) is 6.42 Å². The van der Waals surface area contributed by atoms with E-state index in [9.17, 15) is 5.11 Å². The van der Waals surface area contributed by atoms with Crippen LogP contribution >= 0.6 is 0 Å². The molecule has 0 fully saturated rings. The molecule has 1 nitrogen and oxygen atoms in total. The Kier molecular flexibility index (Phi) is 3.71. The zero-order valence-electron chi connectivity index (χ0n) is 4.68. The number of hydrogen-bond donors (Lipinski definition) is 0. The fourth-order valence-electron chi connectivity index (χ4n) is 0.353. The Balaban J connectivity index is 2.98. The van der Waals surface area contributed by atoms with Crippen LogP contribution in [0.25, 0.3) is 0 Å². The first-order valence-electron chi connectivity index (χ1n) is 2.50. The van der Waals surface area contributed by atoms with Gasteiger partial charge in [0.15, 0.2) is 0 Å². The largest absolute Gasteiger partial charge is 0.236 e. The summed E-state index contributed by atoms with van der Waals surface area (Å²) in [5.41, 5.74) is 0. The Bertz CT molecular complexity index is 50.1. The van der Waals surface area contributed by atoms with Gasteiger partial charge in [-0.1, -0.05) is 13.0 Å². The van der Waals surface area contributed by atoms with Crippen molar-refractivity contribution in [2.45, 2.75) is 13.3 Å². The molecule has 0 aliphatic carbocycles. The quantitative estimate of drug-likeness (QED) is 0.479. The fourth-order valence-corrected chi connectivity index (χ4v) is 0.353. The molecule has 0 amide bonds. The van der Waals surface area contributed by atoms with Gasteiger partial charge in [-0.3, -0.25) is 0 Å². The maximum Gasteiger partial charge on any atom is 0.0850 e. The van der Waals surface area contributed by atoms with Gasteiger partial charge in [-0.15, -0.1) is 6.58 Å². The van der Waals surface area contributed by atoms with Gasteiger partial charge in [0.25, 0.3) is 0 Å².